The van der Waals surface area contributed by atoms with Crippen molar-refractivity contribution >= 4 is 5.78 Å². The number of hydrogen-bond donors (Lipinski definition) is 2. The molecule has 0 saturated carbocycles. The SMILES string of the molecule is COc1cc(O)cc(O)c1C(C)=O.[HH].[HH]. The quantitative estimate of drug-likeness (QED) is 0.691. The summed E-state index contributed by atoms with van der Waals surface area (Å²) in [4.78, 5) is 11.0. The lowest BCUT2D eigenvalue weighted by Crippen LogP contribution is -1.97. The minimum Gasteiger partial charge on any atom is -0.508 e. The first-order valence-corrected chi connectivity index (χ1v) is 3.67. The molecule has 0 amide bonds. The van der Waals surface area contributed by atoms with Crippen LogP contribution in [-0.2, 0) is 0 Å². The smallest absolute Gasteiger partial charge is 0.167 e. The summed E-state index contributed by atoms with van der Waals surface area (Å²) in [5, 5.41) is 18.4. The van der Waals surface area contributed by atoms with Crippen molar-refractivity contribution in [2.24, 2.45) is 0 Å². The van der Waals surface area contributed by atoms with E-state index in [1.807, 2.05) is 0 Å². The van der Waals surface area contributed by atoms with Crippen LogP contribution in [0.5, 0.6) is 17.2 Å². The first kappa shape index (κ1) is 9.38. The molecule has 0 heterocycles. The summed E-state index contributed by atoms with van der Waals surface area (Å²) in [5.74, 6) is -0.553. The van der Waals surface area contributed by atoms with Crippen LogP contribution in [0.3, 0.4) is 0 Å². The molecule has 0 spiro atoms. The number of rotatable bonds is 2. The number of phenolic OH excluding ortho intramolecular Hbond substituents is 2. The Morgan fingerprint density at radius 2 is 2.08 bits per heavy atom. The van der Waals surface area contributed by atoms with Crippen molar-refractivity contribution in [3.05, 3.63) is 17.7 Å². The van der Waals surface area contributed by atoms with Gasteiger partial charge >= 0.3 is 0 Å². The number of ether oxygens (including phenoxy) is 1. The Balaban J connectivity index is 0. The van der Waals surface area contributed by atoms with Crippen LogP contribution >= 0.6 is 0 Å². The molecule has 2 N–H and O–H groups in total. The number of carbonyl (C=O) groups is 1. The molecule has 1 aromatic rings. The van der Waals surface area contributed by atoms with Gasteiger partial charge in [0.25, 0.3) is 0 Å². The van der Waals surface area contributed by atoms with E-state index in [-0.39, 0.29) is 31.4 Å². The standard InChI is InChI=1S/C9H10O4.2H2/c1-5(10)9-7(12)3-6(11)4-8(9)13-2;;/h3-4,11-12H,1-2H3;2*1H. The second-order valence-electron chi connectivity index (χ2n) is 2.60. The highest BCUT2D eigenvalue weighted by atomic mass is 16.5. The molecule has 0 aliphatic rings. The van der Waals surface area contributed by atoms with E-state index in [2.05, 4.69) is 0 Å². The molecule has 0 atom stereocenters. The zero-order valence-corrected chi connectivity index (χ0v) is 7.37. The summed E-state index contributed by atoms with van der Waals surface area (Å²) in [5.41, 5.74) is 0.0836. The van der Waals surface area contributed by atoms with Crippen LogP contribution in [0.2, 0.25) is 0 Å². The predicted molar refractivity (Wildman–Crippen MR) is 50.6 cm³/mol. The van der Waals surface area contributed by atoms with Crippen LogP contribution in [-0.4, -0.2) is 23.1 Å². The van der Waals surface area contributed by atoms with E-state index in [0.717, 1.165) is 6.07 Å². The van der Waals surface area contributed by atoms with Gasteiger partial charge in [-0.25, -0.2) is 0 Å². The van der Waals surface area contributed by atoms with Gasteiger partial charge in [-0.3, -0.25) is 4.79 Å². The van der Waals surface area contributed by atoms with Gasteiger partial charge in [0.1, 0.15) is 22.8 Å². The highest BCUT2D eigenvalue weighted by Crippen LogP contribution is 2.32. The third kappa shape index (κ3) is 1.72. The van der Waals surface area contributed by atoms with Crippen molar-refractivity contribution < 1.29 is 22.6 Å². The highest BCUT2D eigenvalue weighted by molar-refractivity contribution is 5.99. The molecular weight excluding hydrogens is 172 g/mol. The maximum absolute atomic E-state index is 11.0. The number of phenols is 2. The van der Waals surface area contributed by atoms with Crippen molar-refractivity contribution in [2.75, 3.05) is 7.11 Å². The lowest BCUT2D eigenvalue weighted by molar-refractivity contribution is 0.101. The number of hydrogen-bond acceptors (Lipinski definition) is 4. The molecule has 0 bridgehead atoms. The lowest BCUT2D eigenvalue weighted by atomic mass is 10.1. The van der Waals surface area contributed by atoms with Gasteiger partial charge in [-0.15, -0.1) is 0 Å². The van der Waals surface area contributed by atoms with Gasteiger partial charge in [0.05, 0.1) is 7.11 Å². The Bertz CT molecular complexity index is 352. The molecule has 0 aliphatic carbocycles. The average molecular weight is 186 g/mol. The number of aromatic hydroxyl groups is 2. The molecular formula is C9H14O4. The molecule has 1 rings (SSSR count). The Labute approximate surface area is 78.4 Å². The molecule has 1 aromatic carbocycles. The molecule has 74 valence electrons. The van der Waals surface area contributed by atoms with Crippen LogP contribution in [0.4, 0.5) is 0 Å². The fourth-order valence-electron chi connectivity index (χ4n) is 1.10. The fraction of sp³-hybridized carbons (Fsp3) is 0.222. The summed E-state index contributed by atoms with van der Waals surface area (Å²) >= 11 is 0. The summed E-state index contributed by atoms with van der Waals surface area (Å²) in [6, 6.07) is 2.37. The second kappa shape index (κ2) is 3.35. The molecule has 0 radical (unpaired) electrons. The largest absolute Gasteiger partial charge is 0.508 e. The zero-order chi connectivity index (χ0) is 10.0. The molecule has 4 heteroatoms. The van der Waals surface area contributed by atoms with Crippen LogP contribution in [0.1, 0.15) is 20.1 Å². The lowest BCUT2D eigenvalue weighted by Gasteiger charge is -2.07. The summed E-state index contributed by atoms with van der Waals surface area (Å²) < 4.78 is 4.83. The highest BCUT2D eigenvalue weighted by Gasteiger charge is 2.14. The van der Waals surface area contributed by atoms with E-state index in [9.17, 15) is 9.90 Å². The molecule has 4 nitrogen and oxygen atoms in total. The van der Waals surface area contributed by atoms with Crippen LogP contribution in [0, 0.1) is 0 Å². The van der Waals surface area contributed by atoms with Crippen molar-refractivity contribution in [3.8, 4) is 17.2 Å². The Kier molecular flexibility index (Phi) is 2.41. The van der Waals surface area contributed by atoms with E-state index in [1.54, 1.807) is 0 Å². The predicted octanol–water partition coefficient (Wildman–Crippen LogP) is 1.80. The number of ketones is 1. The summed E-state index contributed by atoms with van der Waals surface area (Å²) in [6.45, 7) is 1.31. The maximum Gasteiger partial charge on any atom is 0.167 e. The Morgan fingerprint density at radius 3 is 2.54 bits per heavy atom. The molecule has 0 saturated heterocycles. The number of Topliss-reactive ketones (excluding diaryl/α,β-unsaturated/α-hetero) is 1. The van der Waals surface area contributed by atoms with Gasteiger partial charge in [0.2, 0.25) is 0 Å². The number of benzene rings is 1. The van der Waals surface area contributed by atoms with E-state index >= 15 is 0 Å². The van der Waals surface area contributed by atoms with Gasteiger partial charge in [0.15, 0.2) is 5.78 Å². The molecule has 0 fully saturated rings. The van der Waals surface area contributed by atoms with E-state index in [4.69, 9.17) is 9.84 Å². The van der Waals surface area contributed by atoms with Gasteiger partial charge in [-0.05, 0) is 6.92 Å². The van der Waals surface area contributed by atoms with Crippen molar-refractivity contribution in [1.29, 1.82) is 0 Å². The topological polar surface area (TPSA) is 66.8 Å². The zero-order valence-electron chi connectivity index (χ0n) is 7.37. The summed E-state index contributed by atoms with van der Waals surface area (Å²) in [6.07, 6.45) is 0. The van der Waals surface area contributed by atoms with Gasteiger partial charge in [0, 0.05) is 15.0 Å². The first-order chi connectivity index (χ1) is 6.06. The monoisotopic (exact) mass is 186 g/mol. The van der Waals surface area contributed by atoms with Gasteiger partial charge < -0.3 is 14.9 Å². The van der Waals surface area contributed by atoms with Crippen molar-refractivity contribution in [3.63, 3.8) is 0 Å². The maximum atomic E-state index is 11.0. The average Bonchev–Trinajstić information content (AvgIpc) is 2.01. The Morgan fingerprint density at radius 1 is 1.46 bits per heavy atom. The minimum absolute atomic E-state index is 0. The molecule has 0 aromatic heterocycles. The van der Waals surface area contributed by atoms with E-state index < -0.39 is 0 Å². The third-order valence-corrected chi connectivity index (χ3v) is 1.64. The number of carbonyl (C=O) groups excluding carboxylic acids is 1. The minimum atomic E-state index is -0.311. The Hall–Kier alpha value is -1.71. The van der Waals surface area contributed by atoms with Gasteiger partial charge in [-0.1, -0.05) is 0 Å². The van der Waals surface area contributed by atoms with Crippen LogP contribution in [0.15, 0.2) is 12.1 Å². The third-order valence-electron chi connectivity index (χ3n) is 1.64. The molecule has 13 heavy (non-hydrogen) atoms. The fourth-order valence-corrected chi connectivity index (χ4v) is 1.10. The van der Waals surface area contributed by atoms with Crippen LogP contribution < -0.4 is 4.74 Å². The summed E-state index contributed by atoms with van der Waals surface area (Å²) in [7, 11) is 1.36. The van der Waals surface area contributed by atoms with E-state index in [0.29, 0.717) is 0 Å². The molecule has 0 unspecified atom stereocenters. The normalized spacial score (nSPS) is 9.69. The number of methoxy groups -OCH3 is 1. The van der Waals surface area contributed by atoms with Gasteiger partial charge in [-0.2, -0.15) is 0 Å². The van der Waals surface area contributed by atoms with Crippen molar-refractivity contribution in [1.82, 2.24) is 0 Å². The van der Waals surface area contributed by atoms with E-state index in [1.165, 1.54) is 20.1 Å². The first-order valence-electron chi connectivity index (χ1n) is 3.67. The molecule has 0 aliphatic heterocycles. The second-order valence-corrected chi connectivity index (χ2v) is 2.60. The van der Waals surface area contributed by atoms with Crippen molar-refractivity contribution in [2.45, 2.75) is 6.92 Å². The van der Waals surface area contributed by atoms with Crippen LogP contribution in [0.25, 0.3) is 0 Å².